The van der Waals surface area contributed by atoms with E-state index in [4.69, 9.17) is 15.9 Å². The van der Waals surface area contributed by atoms with Gasteiger partial charge in [-0.25, -0.2) is 9.78 Å². The van der Waals surface area contributed by atoms with Crippen molar-refractivity contribution in [3.63, 3.8) is 0 Å². The van der Waals surface area contributed by atoms with Crippen molar-refractivity contribution in [2.45, 2.75) is 19.8 Å². The molecule has 1 amide bonds. The number of nitrogens with zero attached hydrogens (tertiary/aromatic N) is 2. The number of nitrogens with two attached hydrogens (primary N) is 1. The van der Waals surface area contributed by atoms with Gasteiger partial charge in [-0.1, -0.05) is 42.5 Å². The van der Waals surface area contributed by atoms with Gasteiger partial charge in [0.1, 0.15) is 24.0 Å². The highest BCUT2D eigenvalue weighted by Crippen LogP contribution is 2.27. The maximum absolute atomic E-state index is 12.9. The van der Waals surface area contributed by atoms with Crippen LogP contribution < -0.4 is 15.4 Å². The molecule has 3 aromatic carbocycles. The van der Waals surface area contributed by atoms with Gasteiger partial charge in [0.2, 0.25) is 0 Å². The standard InChI is InChI=1S/C26H25N5O4.ClH/c1-16-21(35-26(34)31(15-23(32)33)19-5-3-2-4-6-19)13-12-20-24(16)30-22(29-20)14-9-17-7-10-18(11-8-17)25(27)28;/h2-8,10-13H,9,14-15H2,1H3,(H3,27,28)(H,29,30)(H,32,33);1H. The number of amides is 1. The summed E-state index contributed by atoms with van der Waals surface area (Å²) in [6.45, 7) is 1.28. The number of anilines is 1. The Morgan fingerprint density at radius 3 is 2.39 bits per heavy atom. The second-order valence-corrected chi connectivity index (χ2v) is 8.06. The van der Waals surface area contributed by atoms with Gasteiger partial charge in [-0.05, 0) is 43.2 Å². The number of nitrogen functional groups attached to an aromatic ring is 1. The summed E-state index contributed by atoms with van der Waals surface area (Å²) < 4.78 is 5.58. The van der Waals surface area contributed by atoms with Crippen LogP contribution in [-0.2, 0) is 17.6 Å². The van der Waals surface area contributed by atoms with Crippen molar-refractivity contribution in [3.05, 3.63) is 89.2 Å². The van der Waals surface area contributed by atoms with E-state index < -0.39 is 18.6 Å². The summed E-state index contributed by atoms with van der Waals surface area (Å²) in [5, 5.41) is 16.7. The molecule has 5 N–H and O–H groups in total. The van der Waals surface area contributed by atoms with Crippen LogP contribution in [0.4, 0.5) is 10.5 Å². The van der Waals surface area contributed by atoms with Gasteiger partial charge in [0.15, 0.2) is 0 Å². The quantitative estimate of drug-likeness (QED) is 0.205. The Bertz CT molecular complexity index is 1390. The van der Waals surface area contributed by atoms with Gasteiger partial charge in [0.25, 0.3) is 0 Å². The third kappa shape index (κ3) is 6.00. The molecule has 1 aromatic heterocycles. The van der Waals surface area contributed by atoms with Crippen LogP contribution in [0.1, 0.15) is 22.5 Å². The van der Waals surface area contributed by atoms with Crippen molar-refractivity contribution in [3.8, 4) is 5.75 Å². The third-order valence-electron chi connectivity index (χ3n) is 5.60. The van der Waals surface area contributed by atoms with Crippen LogP contribution in [-0.4, -0.2) is 39.5 Å². The van der Waals surface area contributed by atoms with Gasteiger partial charge >= 0.3 is 12.1 Å². The van der Waals surface area contributed by atoms with Crippen molar-refractivity contribution >= 4 is 47.0 Å². The van der Waals surface area contributed by atoms with Crippen LogP contribution in [0.25, 0.3) is 11.0 Å². The molecule has 36 heavy (non-hydrogen) atoms. The largest absolute Gasteiger partial charge is 0.480 e. The molecule has 4 aromatic rings. The van der Waals surface area contributed by atoms with E-state index in [1.165, 1.54) is 0 Å². The van der Waals surface area contributed by atoms with E-state index >= 15 is 0 Å². The summed E-state index contributed by atoms with van der Waals surface area (Å²) in [5.74, 6) is -0.00720. The highest BCUT2D eigenvalue weighted by molar-refractivity contribution is 5.95. The van der Waals surface area contributed by atoms with Crippen LogP contribution in [0.2, 0.25) is 0 Å². The summed E-state index contributed by atoms with van der Waals surface area (Å²) >= 11 is 0. The SMILES string of the molecule is Cc1c(OC(=O)N(CC(=O)O)c2ccccc2)ccc2[nH]c(CCc3ccc(C(=N)N)cc3)nc12.Cl. The first-order chi connectivity index (χ1) is 16.8. The minimum atomic E-state index is -1.15. The smallest absolute Gasteiger partial charge is 0.420 e. The van der Waals surface area contributed by atoms with Crippen LogP contribution in [0, 0.1) is 12.3 Å². The van der Waals surface area contributed by atoms with E-state index in [1.54, 1.807) is 49.4 Å². The van der Waals surface area contributed by atoms with Crippen LogP contribution in [0.5, 0.6) is 5.75 Å². The predicted molar refractivity (Wildman–Crippen MR) is 140 cm³/mol. The monoisotopic (exact) mass is 507 g/mol. The lowest BCUT2D eigenvalue weighted by Crippen LogP contribution is -2.37. The number of carboxylic acid groups (broad SMARTS) is 1. The highest BCUT2D eigenvalue weighted by atomic mass is 35.5. The van der Waals surface area contributed by atoms with E-state index in [0.717, 1.165) is 28.2 Å². The van der Waals surface area contributed by atoms with Crippen molar-refractivity contribution < 1.29 is 19.4 Å². The number of nitrogens with one attached hydrogen (secondary N) is 2. The van der Waals surface area contributed by atoms with E-state index in [0.29, 0.717) is 34.5 Å². The van der Waals surface area contributed by atoms with Gasteiger partial charge in [-0.2, -0.15) is 0 Å². The first kappa shape index (κ1) is 26.2. The number of fused-ring (bicyclic) bond motifs is 1. The van der Waals surface area contributed by atoms with E-state index in [2.05, 4.69) is 9.97 Å². The summed E-state index contributed by atoms with van der Waals surface area (Å²) in [6, 6.07) is 19.5. The number of hydrogen-bond acceptors (Lipinski definition) is 5. The number of carbonyl (C=O) groups is 2. The summed E-state index contributed by atoms with van der Waals surface area (Å²) in [5.41, 5.74) is 9.88. The topological polar surface area (TPSA) is 145 Å². The average Bonchev–Trinajstić information content (AvgIpc) is 3.27. The van der Waals surface area contributed by atoms with Gasteiger partial charge in [0.05, 0.1) is 11.0 Å². The molecule has 4 rings (SSSR count). The molecule has 9 nitrogen and oxygen atoms in total. The number of carboxylic acids is 1. The molecule has 0 radical (unpaired) electrons. The Morgan fingerprint density at radius 2 is 1.75 bits per heavy atom. The molecule has 0 saturated carbocycles. The number of aliphatic carboxylic acids is 1. The van der Waals surface area contributed by atoms with Crippen LogP contribution in [0.3, 0.4) is 0 Å². The van der Waals surface area contributed by atoms with Crippen LogP contribution >= 0.6 is 12.4 Å². The first-order valence-electron chi connectivity index (χ1n) is 11.0. The van der Waals surface area contributed by atoms with E-state index in [9.17, 15) is 14.7 Å². The Hall–Kier alpha value is -4.37. The number of halogens is 1. The van der Waals surface area contributed by atoms with Crippen molar-refractivity contribution in [2.24, 2.45) is 5.73 Å². The molecule has 0 fully saturated rings. The Balaban J connectivity index is 0.00000361. The molecule has 0 saturated heterocycles. The number of aryl methyl sites for hydroxylation is 3. The second-order valence-electron chi connectivity index (χ2n) is 8.06. The molecule has 0 aliphatic heterocycles. The summed E-state index contributed by atoms with van der Waals surface area (Å²) in [6.07, 6.45) is 0.634. The Morgan fingerprint density at radius 1 is 1.06 bits per heavy atom. The molecule has 0 unspecified atom stereocenters. The molecule has 0 aliphatic carbocycles. The number of hydrogen-bond donors (Lipinski definition) is 4. The maximum atomic E-state index is 12.9. The number of rotatable bonds is 8. The minimum absolute atomic E-state index is 0. The number of amidine groups is 1. The molecule has 1 heterocycles. The van der Waals surface area contributed by atoms with Crippen molar-refractivity contribution in [1.82, 2.24) is 9.97 Å². The number of imidazole rings is 1. The number of para-hydroxylation sites is 1. The number of ether oxygens (including phenoxy) is 1. The fourth-order valence-corrected chi connectivity index (χ4v) is 3.74. The maximum Gasteiger partial charge on any atom is 0.420 e. The Labute approximate surface area is 213 Å². The van der Waals surface area contributed by atoms with Crippen LogP contribution in [0.15, 0.2) is 66.7 Å². The lowest BCUT2D eigenvalue weighted by Gasteiger charge is -2.20. The van der Waals surface area contributed by atoms with Gasteiger partial charge in [-0.3, -0.25) is 15.1 Å². The second kappa shape index (κ2) is 11.4. The fraction of sp³-hybridized carbons (Fsp3) is 0.154. The van der Waals surface area contributed by atoms with Gasteiger partial charge in [0, 0.05) is 23.2 Å². The Kier molecular flexibility index (Phi) is 8.29. The number of aromatic nitrogens is 2. The molecule has 0 atom stereocenters. The molecule has 0 bridgehead atoms. The minimum Gasteiger partial charge on any atom is -0.480 e. The molecular weight excluding hydrogens is 482 g/mol. The number of benzene rings is 3. The molecular formula is C26H26ClN5O4. The zero-order chi connectivity index (χ0) is 24.9. The number of H-pyrrole nitrogens is 1. The third-order valence-corrected chi connectivity index (χ3v) is 5.60. The molecule has 0 aliphatic rings. The lowest BCUT2D eigenvalue weighted by molar-refractivity contribution is -0.135. The summed E-state index contributed by atoms with van der Waals surface area (Å²) in [4.78, 5) is 33.2. The molecule has 0 spiro atoms. The average molecular weight is 508 g/mol. The number of carbonyl (C=O) groups excluding carboxylic acids is 1. The molecule has 186 valence electrons. The zero-order valence-corrected chi connectivity index (χ0v) is 20.3. The van der Waals surface area contributed by atoms with Crippen molar-refractivity contribution in [1.29, 1.82) is 5.41 Å². The number of aromatic amines is 1. The van der Waals surface area contributed by atoms with Gasteiger partial charge in [-0.15, -0.1) is 12.4 Å². The zero-order valence-electron chi connectivity index (χ0n) is 19.5. The fourth-order valence-electron chi connectivity index (χ4n) is 3.74. The lowest BCUT2D eigenvalue weighted by atomic mass is 10.1. The summed E-state index contributed by atoms with van der Waals surface area (Å²) in [7, 11) is 0. The van der Waals surface area contributed by atoms with Crippen molar-refractivity contribution in [2.75, 3.05) is 11.4 Å². The van der Waals surface area contributed by atoms with E-state index in [1.807, 2.05) is 24.3 Å². The van der Waals surface area contributed by atoms with Gasteiger partial charge < -0.3 is 20.6 Å². The predicted octanol–water partition coefficient (Wildman–Crippen LogP) is 4.45. The van der Waals surface area contributed by atoms with E-state index in [-0.39, 0.29) is 18.2 Å². The normalized spacial score (nSPS) is 10.5. The molecule has 10 heteroatoms. The highest BCUT2D eigenvalue weighted by Gasteiger charge is 2.22. The first-order valence-corrected chi connectivity index (χ1v) is 11.0.